The van der Waals surface area contributed by atoms with Gasteiger partial charge in [0.25, 0.3) is 0 Å². The Balaban J connectivity index is 3.65. The van der Waals surface area contributed by atoms with Crippen LogP contribution in [0.3, 0.4) is 0 Å². The van der Waals surface area contributed by atoms with Crippen LogP contribution in [0.4, 0.5) is 8.78 Å². The van der Waals surface area contributed by atoms with Gasteiger partial charge in [-0.25, -0.2) is 0 Å². The molecule has 1 unspecified atom stereocenters. The van der Waals surface area contributed by atoms with Gasteiger partial charge in [0.05, 0.1) is 0 Å². The Bertz CT molecular complexity index is 573. The molecule has 0 aliphatic heterocycles. The summed E-state index contributed by atoms with van der Waals surface area (Å²) in [7, 11) is 1.11. The summed E-state index contributed by atoms with van der Waals surface area (Å²) in [5, 5.41) is 19.0. The second kappa shape index (κ2) is 6.50. The molecule has 0 bridgehead atoms. The molecule has 0 aliphatic carbocycles. The van der Waals surface area contributed by atoms with E-state index in [1.165, 1.54) is 13.8 Å². The van der Waals surface area contributed by atoms with Crippen molar-refractivity contribution in [2.75, 3.05) is 7.11 Å². The monoisotopic (exact) mass is 498 g/mol. The first-order valence-corrected chi connectivity index (χ1v) is 7.43. The fourth-order valence-corrected chi connectivity index (χ4v) is 3.68. The van der Waals surface area contributed by atoms with Crippen LogP contribution in [-0.2, 0) is 16.8 Å². The third-order valence-corrected chi connectivity index (χ3v) is 4.31. The molecule has 1 aromatic carbocycles. The van der Waals surface area contributed by atoms with Crippen LogP contribution in [0.5, 0.6) is 5.75 Å². The number of carbonyl (C=O) groups is 1. The number of carboxylic acids is 1. The van der Waals surface area contributed by atoms with Crippen LogP contribution in [0.15, 0.2) is 0 Å². The van der Waals surface area contributed by atoms with Crippen molar-refractivity contribution in [3.63, 3.8) is 0 Å². The third-order valence-electron chi connectivity index (χ3n) is 2.93. The molecule has 8 heteroatoms. The number of halogens is 2. The van der Waals surface area contributed by atoms with Gasteiger partial charge in [-0.3, -0.25) is 0 Å². The number of aliphatic hydroxyl groups is 1. The van der Waals surface area contributed by atoms with E-state index in [1.807, 2.05) is 0 Å². The zero-order valence-electron chi connectivity index (χ0n) is 11.7. The Morgan fingerprint density at radius 3 is 2.33 bits per heavy atom. The molecule has 1 rings (SSSR count). The zero-order chi connectivity index (χ0) is 16.5. The summed E-state index contributed by atoms with van der Waals surface area (Å²) >= 11 is 0.891. The molecule has 0 heterocycles. The third kappa shape index (κ3) is 3.68. The molecular formula is C13H16AtF2NO4. The SMILES string of the molecule is COc1c(F)c([At])c(C(C)(C)O)c(CC(N)C(=O)O)c1F. The van der Waals surface area contributed by atoms with Gasteiger partial charge in [-0.2, -0.15) is 0 Å². The van der Waals surface area contributed by atoms with E-state index in [2.05, 4.69) is 0 Å². The summed E-state index contributed by atoms with van der Waals surface area (Å²) in [6, 6.07) is -1.37. The van der Waals surface area contributed by atoms with Gasteiger partial charge in [0, 0.05) is 0 Å². The van der Waals surface area contributed by atoms with Crippen molar-refractivity contribution in [3.05, 3.63) is 22.8 Å². The number of nitrogens with two attached hydrogens (primary N) is 1. The summed E-state index contributed by atoms with van der Waals surface area (Å²) in [6.45, 7) is 2.73. The second-order valence-corrected chi connectivity index (χ2v) is 6.51. The van der Waals surface area contributed by atoms with Crippen molar-refractivity contribution in [1.82, 2.24) is 0 Å². The van der Waals surface area contributed by atoms with Crippen molar-refractivity contribution in [2.24, 2.45) is 5.73 Å². The molecule has 0 amide bonds. The van der Waals surface area contributed by atoms with Crippen LogP contribution in [0.2, 0.25) is 0 Å². The summed E-state index contributed by atoms with van der Waals surface area (Å²) in [6.07, 6.45) is -0.382. The zero-order valence-corrected chi connectivity index (χ0v) is 14.6. The van der Waals surface area contributed by atoms with Crippen molar-refractivity contribution in [3.8, 4) is 5.75 Å². The van der Waals surface area contributed by atoms with Gasteiger partial charge in [0.2, 0.25) is 0 Å². The van der Waals surface area contributed by atoms with Crippen LogP contribution in [0, 0.1) is 36.4 Å². The predicted molar refractivity (Wildman–Crippen MR) is 67.1 cm³/mol. The number of ether oxygens (including phenoxy) is 1. The Hall–Kier alpha value is -0.847. The van der Waals surface area contributed by atoms with Crippen molar-refractivity contribution in [2.45, 2.75) is 31.9 Å². The summed E-state index contributed by atoms with van der Waals surface area (Å²) < 4.78 is 33.3. The van der Waals surface area contributed by atoms with Gasteiger partial charge >= 0.3 is 136 Å². The molecule has 0 saturated carbocycles. The number of aliphatic carboxylic acids is 1. The van der Waals surface area contributed by atoms with E-state index >= 15 is 0 Å². The fraction of sp³-hybridized carbons (Fsp3) is 0.462. The number of hydrogen-bond acceptors (Lipinski definition) is 4. The van der Waals surface area contributed by atoms with E-state index in [9.17, 15) is 18.7 Å². The van der Waals surface area contributed by atoms with E-state index in [4.69, 9.17) is 15.6 Å². The number of methoxy groups -OCH3 is 1. The van der Waals surface area contributed by atoms with Crippen molar-refractivity contribution >= 4 is 9.24 Å². The van der Waals surface area contributed by atoms with E-state index in [0.29, 0.717) is 0 Å². The van der Waals surface area contributed by atoms with Crippen LogP contribution < -0.4 is 13.7 Å². The Morgan fingerprint density at radius 1 is 1.43 bits per heavy atom. The van der Waals surface area contributed by atoms with E-state index < -0.39 is 35.0 Å². The first kappa shape index (κ1) is 18.2. The Labute approximate surface area is 135 Å². The molecule has 0 aromatic heterocycles. The molecule has 0 fully saturated rings. The topological polar surface area (TPSA) is 92.8 Å². The molecule has 0 radical (unpaired) electrons. The molecule has 118 valence electrons. The van der Waals surface area contributed by atoms with E-state index in [-0.39, 0.29) is 20.8 Å². The average molecular weight is 498 g/mol. The quantitative estimate of drug-likeness (QED) is 0.545. The maximum atomic E-state index is 14.4. The summed E-state index contributed by atoms with van der Waals surface area (Å²) in [4.78, 5) is 10.9. The molecule has 1 atom stereocenters. The summed E-state index contributed by atoms with van der Waals surface area (Å²) in [5.74, 6) is -3.87. The normalized spacial score (nSPS) is 13.1. The Morgan fingerprint density at radius 2 is 1.95 bits per heavy atom. The van der Waals surface area contributed by atoms with Gasteiger partial charge in [-0.05, 0) is 0 Å². The molecule has 4 N–H and O–H groups in total. The minimum atomic E-state index is -1.55. The van der Waals surface area contributed by atoms with Gasteiger partial charge in [-0.1, -0.05) is 0 Å². The number of rotatable bonds is 5. The van der Waals surface area contributed by atoms with Gasteiger partial charge in [-0.15, -0.1) is 0 Å². The minimum absolute atomic E-state index is 0.00617. The van der Waals surface area contributed by atoms with Crippen molar-refractivity contribution < 1.29 is 53.2 Å². The molecule has 0 saturated heterocycles. The maximum absolute atomic E-state index is 14.4. The number of hydrogen-bond donors (Lipinski definition) is 3. The first-order valence-electron chi connectivity index (χ1n) is 5.96. The number of benzene rings is 1. The first-order chi connectivity index (χ1) is 9.52. The second-order valence-electron chi connectivity index (χ2n) is 5.04. The van der Waals surface area contributed by atoms with Gasteiger partial charge in [0.15, 0.2) is 0 Å². The van der Waals surface area contributed by atoms with E-state index in [1.54, 1.807) is 0 Å². The van der Waals surface area contributed by atoms with Crippen LogP contribution in [0.25, 0.3) is 0 Å². The molecule has 0 aliphatic rings. The van der Waals surface area contributed by atoms with Crippen LogP contribution in [0.1, 0.15) is 25.0 Å². The van der Waals surface area contributed by atoms with Gasteiger partial charge in [0.1, 0.15) is 0 Å². The predicted octanol–water partition coefficient (Wildman–Crippen LogP) is 0.330. The summed E-state index contributed by atoms with van der Waals surface area (Å²) in [5.41, 5.74) is 3.74. The standard InChI is InChI=1S/C13H16AtF2NO4/c1-13(2,20)7-5(4-6(17)12(18)19)9(15)11(21-3)10(16)8(7)14/h6,20H,4,17H2,1-3H3,(H,18,19). The average Bonchev–Trinajstić information content (AvgIpc) is 2.34. The Kier molecular flexibility index (Phi) is 5.64. The molecule has 0 spiro atoms. The fourth-order valence-electron chi connectivity index (χ4n) is 2.00. The molecule has 5 nitrogen and oxygen atoms in total. The van der Waals surface area contributed by atoms with Crippen molar-refractivity contribution in [1.29, 1.82) is 0 Å². The van der Waals surface area contributed by atoms with Gasteiger partial charge < -0.3 is 0 Å². The van der Waals surface area contributed by atoms with Crippen LogP contribution >= 0.6 is 0 Å². The molecular weight excluding hydrogens is 482 g/mol. The molecule has 21 heavy (non-hydrogen) atoms. The molecule has 1 aromatic rings. The number of carboxylic acid groups (broad SMARTS) is 1. The van der Waals surface area contributed by atoms with Crippen LogP contribution in [-0.4, -0.2) is 29.3 Å². The van der Waals surface area contributed by atoms with E-state index in [0.717, 1.165) is 31.8 Å².